The molecule has 1 heterocycles. The van der Waals surface area contributed by atoms with Crippen molar-refractivity contribution in [1.82, 2.24) is 10.2 Å². The minimum absolute atomic E-state index is 0.219. The number of carbonyl (C=O) groups is 1. The predicted octanol–water partition coefficient (Wildman–Crippen LogP) is 2.62. The van der Waals surface area contributed by atoms with Crippen LogP contribution in [0.4, 0.5) is 10.5 Å². The maximum Gasteiger partial charge on any atom is 0.318 e. The number of nitrogens with one attached hydrogen (secondary N) is 1. The van der Waals surface area contributed by atoms with E-state index in [1.54, 1.807) is 4.90 Å². The molecule has 25 heavy (non-hydrogen) atoms. The molecular weight excluding hydrogens is 339 g/mol. The van der Waals surface area contributed by atoms with Crippen LogP contribution in [-0.4, -0.2) is 47.6 Å². The number of para-hydroxylation sites is 1. The SMILES string of the molecule is CC1(C)c2ccccc2N=C(N)CN1C(=O)NCCCCP(C)(=O)O. The lowest BCUT2D eigenvalue weighted by Gasteiger charge is -2.37. The maximum absolute atomic E-state index is 12.7. The Morgan fingerprint density at radius 2 is 2.08 bits per heavy atom. The summed E-state index contributed by atoms with van der Waals surface area (Å²) in [6, 6.07) is 7.45. The lowest BCUT2D eigenvalue weighted by molar-refractivity contribution is 0.148. The van der Waals surface area contributed by atoms with Crippen LogP contribution < -0.4 is 11.1 Å². The molecule has 0 radical (unpaired) electrons. The fourth-order valence-electron chi connectivity index (χ4n) is 2.93. The summed E-state index contributed by atoms with van der Waals surface area (Å²) in [6.45, 7) is 5.99. The van der Waals surface area contributed by atoms with Gasteiger partial charge in [-0.15, -0.1) is 0 Å². The Labute approximate surface area is 148 Å². The molecule has 7 nitrogen and oxygen atoms in total. The van der Waals surface area contributed by atoms with E-state index in [1.165, 1.54) is 6.66 Å². The van der Waals surface area contributed by atoms with Crippen molar-refractivity contribution in [3.05, 3.63) is 29.8 Å². The van der Waals surface area contributed by atoms with Crippen LogP contribution >= 0.6 is 7.37 Å². The van der Waals surface area contributed by atoms with E-state index < -0.39 is 12.9 Å². The summed E-state index contributed by atoms with van der Waals surface area (Å²) in [5, 5.41) is 2.88. The summed E-state index contributed by atoms with van der Waals surface area (Å²) in [4.78, 5) is 28.1. The maximum atomic E-state index is 12.7. The van der Waals surface area contributed by atoms with Gasteiger partial charge in [-0.3, -0.25) is 4.57 Å². The smallest absolute Gasteiger partial charge is 0.318 e. The van der Waals surface area contributed by atoms with Crippen molar-refractivity contribution in [2.24, 2.45) is 10.7 Å². The van der Waals surface area contributed by atoms with Crippen LogP contribution in [0.3, 0.4) is 0 Å². The van der Waals surface area contributed by atoms with Crippen LogP contribution in [0.5, 0.6) is 0 Å². The largest absolute Gasteiger partial charge is 0.386 e. The molecule has 1 aromatic carbocycles. The molecule has 2 amide bonds. The highest BCUT2D eigenvalue weighted by atomic mass is 31.2. The van der Waals surface area contributed by atoms with Gasteiger partial charge in [-0.1, -0.05) is 18.2 Å². The van der Waals surface area contributed by atoms with E-state index in [4.69, 9.17) is 5.73 Å². The second kappa shape index (κ2) is 7.58. The average Bonchev–Trinajstić information content (AvgIpc) is 2.60. The van der Waals surface area contributed by atoms with Crippen molar-refractivity contribution in [2.45, 2.75) is 32.2 Å². The fraction of sp³-hybridized carbons (Fsp3) is 0.529. The number of rotatable bonds is 5. The summed E-state index contributed by atoms with van der Waals surface area (Å²) < 4.78 is 11.3. The van der Waals surface area contributed by atoms with Crippen LogP contribution in [0.25, 0.3) is 0 Å². The molecule has 1 atom stereocenters. The molecule has 1 aliphatic heterocycles. The summed E-state index contributed by atoms with van der Waals surface area (Å²) >= 11 is 0. The van der Waals surface area contributed by atoms with Gasteiger partial charge in [0.15, 0.2) is 7.37 Å². The third-order valence-corrected chi connectivity index (χ3v) is 5.49. The number of urea groups is 1. The number of carbonyl (C=O) groups excluding carboxylic acids is 1. The van der Waals surface area contributed by atoms with Crippen molar-refractivity contribution < 1.29 is 14.3 Å². The number of amidine groups is 1. The van der Waals surface area contributed by atoms with Gasteiger partial charge in [0.2, 0.25) is 0 Å². The molecule has 1 unspecified atom stereocenters. The van der Waals surface area contributed by atoms with Gasteiger partial charge >= 0.3 is 6.03 Å². The molecule has 1 aliphatic rings. The fourth-order valence-corrected chi connectivity index (χ4v) is 3.74. The first kappa shape index (κ1) is 19.5. The van der Waals surface area contributed by atoms with E-state index in [-0.39, 0.29) is 18.7 Å². The monoisotopic (exact) mass is 366 g/mol. The Morgan fingerprint density at radius 1 is 1.40 bits per heavy atom. The summed E-state index contributed by atoms with van der Waals surface area (Å²) in [5.74, 6) is 0.389. The van der Waals surface area contributed by atoms with Crippen molar-refractivity contribution in [2.75, 3.05) is 25.9 Å². The summed E-state index contributed by atoms with van der Waals surface area (Å²) in [5.41, 5.74) is 7.15. The molecule has 0 saturated heterocycles. The van der Waals surface area contributed by atoms with E-state index in [0.29, 0.717) is 25.2 Å². The van der Waals surface area contributed by atoms with Crippen molar-refractivity contribution >= 4 is 24.9 Å². The topological polar surface area (TPSA) is 108 Å². The van der Waals surface area contributed by atoms with Gasteiger partial charge in [0.25, 0.3) is 0 Å². The molecule has 1 aromatic rings. The van der Waals surface area contributed by atoms with E-state index in [9.17, 15) is 14.3 Å². The summed E-state index contributed by atoms with van der Waals surface area (Å²) in [7, 11) is -2.98. The van der Waals surface area contributed by atoms with Crippen LogP contribution in [0.15, 0.2) is 29.3 Å². The third kappa shape index (κ3) is 5.06. The van der Waals surface area contributed by atoms with E-state index in [2.05, 4.69) is 10.3 Å². The van der Waals surface area contributed by atoms with Crippen LogP contribution in [0.2, 0.25) is 0 Å². The first-order chi connectivity index (χ1) is 11.6. The Bertz CT molecular complexity index is 712. The number of hydrogen-bond acceptors (Lipinski definition) is 4. The molecule has 0 saturated carbocycles. The first-order valence-electron chi connectivity index (χ1n) is 8.38. The molecule has 0 fully saturated rings. The van der Waals surface area contributed by atoms with E-state index in [1.807, 2.05) is 38.1 Å². The minimum atomic E-state index is -2.98. The number of unbranched alkanes of at least 4 members (excludes halogenated alkanes) is 1. The normalized spacial score (nSPS) is 18.6. The Balaban J connectivity index is 2.04. The molecule has 8 heteroatoms. The Hall–Kier alpha value is -1.85. The number of nitrogens with two attached hydrogens (primary N) is 1. The number of fused-ring (bicyclic) bond motifs is 1. The van der Waals surface area contributed by atoms with Crippen molar-refractivity contribution in [1.29, 1.82) is 0 Å². The molecule has 0 bridgehead atoms. The number of aliphatic imine (C=N–C) groups is 1. The highest BCUT2D eigenvalue weighted by Gasteiger charge is 2.36. The zero-order valence-corrected chi connectivity index (χ0v) is 15.9. The van der Waals surface area contributed by atoms with Crippen LogP contribution in [-0.2, 0) is 10.1 Å². The standard InChI is InChI=1S/C17H27N4O3P/c1-17(2)13-8-4-5-9-14(13)20-15(18)12-21(17)16(22)19-10-6-7-11-25(3,23)24/h4-5,8-9H,6-7,10-12H2,1-3H3,(H2,18,20)(H,19,22)(H,23,24). The van der Waals surface area contributed by atoms with Crippen LogP contribution in [0, 0.1) is 0 Å². The molecule has 2 rings (SSSR count). The van der Waals surface area contributed by atoms with E-state index >= 15 is 0 Å². The second-order valence-electron chi connectivity index (χ2n) is 6.98. The minimum Gasteiger partial charge on any atom is -0.386 e. The Kier molecular flexibility index (Phi) is 5.91. The molecule has 0 aliphatic carbocycles. The third-order valence-electron chi connectivity index (χ3n) is 4.34. The summed E-state index contributed by atoms with van der Waals surface area (Å²) in [6.07, 6.45) is 1.52. The highest BCUT2D eigenvalue weighted by molar-refractivity contribution is 7.57. The zero-order chi connectivity index (χ0) is 18.7. The number of hydrogen-bond donors (Lipinski definition) is 3. The average molecular weight is 366 g/mol. The Morgan fingerprint density at radius 3 is 2.76 bits per heavy atom. The molecule has 4 N–H and O–H groups in total. The predicted molar refractivity (Wildman–Crippen MR) is 101 cm³/mol. The second-order valence-corrected chi connectivity index (χ2v) is 9.53. The molecule has 138 valence electrons. The first-order valence-corrected chi connectivity index (χ1v) is 10.7. The van der Waals surface area contributed by atoms with Gasteiger partial charge in [0, 0.05) is 24.9 Å². The quantitative estimate of drug-likeness (QED) is 0.550. The van der Waals surface area contributed by atoms with Crippen molar-refractivity contribution in [3.63, 3.8) is 0 Å². The zero-order valence-electron chi connectivity index (χ0n) is 15.0. The van der Waals surface area contributed by atoms with E-state index in [0.717, 1.165) is 11.3 Å². The number of amides is 2. The van der Waals surface area contributed by atoms with Gasteiger partial charge in [-0.05, 0) is 32.8 Å². The lowest BCUT2D eigenvalue weighted by atomic mass is 9.91. The van der Waals surface area contributed by atoms with Gasteiger partial charge in [-0.2, -0.15) is 0 Å². The van der Waals surface area contributed by atoms with Gasteiger partial charge < -0.3 is 20.8 Å². The van der Waals surface area contributed by atoms with Gasteiger partial charge in [0.1, 0.15) is 5.84 Å². The molecule has 0 spiro atoms. The molecular formula is C17H27N4O3P. The van der Waals surface area contributed by atoms with Crippen molar-refractivity contribution in [3.8, 4) is 0 Å². The highest BCUT2D eigenvalue weighted by Crippen LogP contribution is 2.37. The van der Waals surface area contributed by atoms with Gasteiger partial charge in [0.05, 0.1) is 17.8 Å². The van der Waals surface area contributed by atoms with Crippen LogP contribution in [0.1, 0.15) is 32.3 Å². The number of nitrogens with zero attached hydrogens (tertiary/aromatic N) is 2. The van der Waals surface area contributed by atoms with Gasteiger partial charge in [-0.25, -0.2) is 9.79 Å². The number of benzene rings is 1. The lowest BCUT2D eigenvalue weighted by Crippen LogP contribution is -2.52. The molecule has 0 aromatic heterocycles.